The van der Waals surface area contributed by atoms with Crippen molar-refractivity contribution in [3.63, 3.8) is 0 Å². The molecule has 1 aliphatic rings. The first-order valence-corrected chi connectivity index (χ1v) is 16.1. The van der Waals surface area contributed by atoms with Crippen LogP contribution in [0.3, 0.4) is 0 Å². The quantitative estimate of drug-likeness (QED) is 0.193. The fourth-order valence-electron chi connectivity index (χ4n) is 7.34. The molecule has 1 aliphatic heterocycles. The van der Waals surface area contributed by atoms with E-state index in [4.69, 9.17) is 0 Å². The second kappa shape index (κ2) is 10.3. The van der Waals surface area contributed by atoms with Crippen molar-refractivity contribution in [1.82, 2.24) is 20.0 Å². The molecule has 3 heterocycles. The van der Waals surface area contributed by atoms with E-state index in [-0.39, 0.29) is 6.17 Å². The van der Waals surface area contributed by atoms with Gasteiger partial charge in [-0.25, -0.2) is 10.9 Å². The lowest BCUT2D eigenvalue weighted by Gasteiger charge is -2.12. The van der Waals surface area contributed by atoms with E-state index in [1.807, 2.05) is 0 Å². The summed E-state index contributed by atoms with van der Waals surface area (Å²) in [7, 11) is 0. The number of nitrogens with zero attached hydrogens (tertiary/aromatic N) is 2. The molecular formula is C43H30N4. The zero-order valence-electron chi connectivity index (χ0n) is 25.6. The highest BCUT2D eigenvalue weighted by atomic mass is 15.6. The first-order chi connectivity index (χ1) is 23.3. The predicted molar refractivity (Wildman–Crippen MR) is 195 cm³/mol. The first-order valence-electron chi connectivity index (χ1n) is 16.1. The highest BCUT2D eigenvalue weighted by molar-refractivity contribution is 6.11. The van der Waals surface area contributed by atoms with Crippen molar-refractivity contribution in [2.45, 2.75) is 6.17 Å². The van der Waals surface area contributed by atoms with Crippen molar-refractivity contribution in [2.75, 3.05) is 0 Å². The Bertz CT molecular complexity index is 2620. The van der Waals surface area contributed by atoms with Crippen LogP contribution in [0.5, 0.6) is 0 Å². The van der Waals surface area contributed by atoms with E-state index in [0.717, 1.165) is 5.69 Å². The average molecular weight is 603 g/mol. The number of fused-ring (bicyclic) bond motifs is 6. The molecule has 0 bridgehead atoms. The van der Waals surface area contributed by atoms with Crippen molar-refractivity contribution >= 4 is 43.6 Å². The van der Waals surface area contributed by atoms with Crippen LogP contribution in [0.25, 0.3) is 77.2 Å². The molecular weight excluding hydrogens is 573 g/mol. The normalized spacial score (nSPS) is 13.3. The maximum absolute atomic E-state index is 3.16. The molecule has 0 unspecified atom stereocenters. The van der Waals surface area contributed by atoms with E-state index in [2.05, 4.69) is 184 Å². The molecule has 0 aliphatic carbocycles. The van der Waals surface area contributed by atoms with Crippen LogP contribution in [0.1, 0.15) is 11.7 Å². The van der Waals surface area contributed by atoms with Crippen LogP contribution < -0.4 is 10.9 Å². The number of hydrazine groups is 1. The molecule has 7 aromatic carbocycles. The van der Waals surface area contributed by atoms with Crippen molar-refractivity contribution < 1.29 is 0 Å². The summed E-state index contributed by atoms with van der Waals surface area (Å²) in [6, 6.07) is 59.7. The van der Waals surface area contributed by atoms with Crippen LogP contribution in [-0.4, -0.2) is 9.13 Å². The molecule has 0 spiro atoms. The smallest absolute Gasteiger partial charge is 0.109 e. The van der Waals surface area contributed by atoms with Crippen molar-refractivity contribution in [3.8, 4) is 33.6 Å². The lowest BCUT2D eigenvalue weighted by molar-refractivity contribution is 1.06. The third-order valence-electron chi connectivity index (χ3n) is 9.66. The van der Waals surface area contributed by atoms with Gasteiger partial charge in [0.2, 0.25) is 0 Å². The molecule has 2 N–H and O–H groups in total. The highest BCUT2D eigenvalue weighted by Crippen LogP contribution is 2.38. The van der Waals surface area contributed by atoms with Gasteiger partial charge in [0.15, 0.2) is 0 Å². The Morgan fingerprint density at radius 3 is 1.66 bits per heavy atom. The van der Waals surface area contributed by atoms with Crippen LogP contribution in [-0.2, 0) is 0 Å². The van der Waals surface area contributed by atoms with E-state index in [9.17, 15) is 0 Å². The molecule has 9 aromatic rings. The Kier molecular flexibility index (Phi) is 5.76. The van der Waals surface area contributed by atoms with Gasteiger partial charge in [-0.3, -0.25) is 0 Å². The Morgan fingerprint density at radius 2 is 0.894 bits per heavy atom. The standard InChI is InChI=1S/C43H30N4/c1-2-10-33(11-3-1)46-39-15-6-4-13-35(39)37-23-21-32(27-42(37)46)30-9-8-12-34(25-30)47-40-16-7-5-14-36(40)38-26-31(22-24-41(38)47)28-17-19-29(20-18-28)43-44-45-43/h1-27,43-45H. The number of nitrogens with one attached hydrogen (secondary N) is 2. The molecule has 222 valence electrons. The summed E-state index contributed by atoms with van der Waals surface area (Å²) in [4.78, 5) is 0. The van der Waals surface area contributed by atoms with E-state index >= 15 is 0 Å². The van der Waals surface area contributed by atoms with Gasteiger partial charge in [-0.2, -0.15) is 0 Å². The Labute approximate surface area is 272 Å². The van der Waals surface area contributed by atoms with Crippen molar-refractivity contribution in [3.05, 3.63) is 169 Å². The first kappa shape index (κ1) is 26.3. The molecule has 47 heavy (non-hydrogen) atoms. The number of para-hydroxylation sites is 3. The second-order valence-corrected chi connectivity index (χ2v) is 12.4. The molecule has 2 aromatic heterocycles. The summed E-state index contributed by atoms with van der Waals surface area (Å²) in [6.45, 7) is 0. The van der Waals surface area contributed by atoms with Gasteiger partial charge in [0.05, 0.1) is 22.1 Å². The molecule has 0 atom stereocenters. The fourth-order valence-corrected chi connectivity index (χ4v) is 7.34. The van der Waals surface area contributed by atoms with Gasteiger partial charge in [0.25, 0.3) is 0 Å². The zero-order valence-corrected chi connectivity index (χ0v) is 25.6. The lowest BCUT2D eigenvalue weighted by Crippen LogP contribution is -1.95. The van der Waals surface area contributed by atoms with Gasteiger partial charge < -0.3 is 9.13 Å². The summed E-state index contributed by atoms with van der Waals surface area (Å²) < 4.78 is 4.79. The van der Waals surface area contributed by atoms with Crippen molar-refractivity contribution in [1.29, 1.82) is 0 Å². The van der Waals surface area contributed by atoms with Crippen LogP contribution >= 0.6 is 0 Å². The van der Waals surface area contributed by atoms with Gasteiger partial charge in [-0.15, -0.1) is 0 Å². The van der Waals surface area contributed by atoms with Gasteiger partial charge >= 0.3 is 0 Å². The Hall–Kier alpha value is -5.94. The number of aromatic nitrogens is 2. The minimum absolute atomic E-state index is 0.274. The third-order valence-corrected chi connectivity index (χ3v) is 9.66. The van der Waals surface area contributed by atoms with Crippen LogP contribution in [0.2, 0.25) is 0 Å². The average Bonchev–Trinajstić information content (AvgIpc) is 3.87. The molecule has 1 saturated heterocycles. The molecule has 1 fully saturated rings. The Morgan fingerprint density at radius 1 is 0.340 bits per heavy atom. The highest BCUT2D eigenvalue weighted by Gasteiger charge is 2.21. The SMILES string of the molecule is c1ccc(-n2c3ccccc3c3ccc(-c4cccc(-n5c6ccccc6c6cc(-c7ccc(C8NN8)cc7)ccc65)c4)cc32)cc1. The number of rotatable bonds is 5. The molecule has 4 nitrogen and oxygen atoms in total. The van der Waals surface area contributed by atoms with E-state index in [0.29, 0.717) is 0 Å². The summed E-state index contributed by atoms with van der Waals surface area (Å²) >= 11 is 0. The number of hydrogen-bond donors (Lipinski definition) is 2. The van der Waals surface area contributed by atoms with Gasteiger partial charge in [-0.05, 0) is 82.4 Å². The third kappa shape index (κ3) is 4.23. The van der Waals surface area contributed by atoms with E-state index in [1.165, 1.54) is 77.1 Å². The second-order valence-electron chi connectivity index (χ2n) is 12.4. The molecule has 4 heteroatoms. The van der Waals surface area contributed by atoms with E-state index < -0.39 is 0 Å². The van der Waals surface area contributed by atoms with Crippen LogP contribution in [0, 0.1) is 0 Å². The molecule has 0 amide bonds. The summed E-state index contributed by atoms with van der Waals surface area (Å²) in [6.07, 6.45) is 0.274. The van der Waals surface area contributed by atoms with Crippen LogP contribution in [0.15, 0.2) is 164 Å². The topological polar surface area (TPSA) is 53.7 Å². The minimum atomic E-state index is 0.274. The monoisotopic (exact) mass is 602 g/mol. The van der Waals surface area contributed by atoms with Crippen molar-refractivity contribution in [2.24, 2.45) is 0 Å². The number of hydrogen-bond acceptors (Lipinski definition) is 2. The van der Waals surface area contributed by atoms with Crippen LogP contribution in [0.4, 0.5) is 0 Å². The Balaban J connectivity index is 1.12. The number of benzene rings is 7. The summed E-state index contributed by atoms with van der Waals surface area (Å²) in [5, 5.41) is 5.04. The predicted octanol–water partition coefficient (Wildman–Crippen LogP) is 10.3. The largest absolute Gasteiger partial charge is 0.309 e. The molecule has 10 rings (SSSR count). The maximum Gasteiger partial charge on any atom is 0.109 e. The summed E-state index contributed by atoms with van der Waals surface area (Å²) in [5.74, 6) is 0. The van der Waals surface area contributed by atoms with Gasteiger partial charge in [-0.1, -0.05) is 109 Å². The summed E-state index contributed by atoms with van der Waals surface area (Å²) in [5.41, 5.74) is 19.6. The van der Waals surface area contributed by atoms with E-state index in [1.54, 1.807) is 0 Å². The lowest BCUT2D eigenvalue weighted by atomic mass is 10.0. The maximum atomic E-state index is 3.16. The molecule has 0 saturated carbocycles. The zero-order chi connectivity index (χ0) is 30.9. The fraction of sp³-hybridized carbons (Fsp3) is 0.0233. The minimum Gasteiger partial charge on any atom is -0.309 e. The van der Waals surface area contributed by atoms with Gasteiger partial charge in [0.1, 0.15) is 6.17 Å². The van der Waals surface area contributed by atoms with Gasteiger partial charge in [0, 0.05) is 32.9 Å². The molecule has 0 radical (unpaired) electrons.